The molecule has 0 unspecified atom stereocenters. The molecule has 3 nitrogen and oxygen atoms in total. The van der Waals surface area contributed by atoms with E-state index in [4.69, 9.17) is 0 Å². The van der Waals surface area contributed by atoms with E-state index in [0.717, 1.165) is 22.3 Å². The van der Waals surface area contributed by atoms with Crippen LogP contribution in [0.3, 0.4) is 0 Å². The van der Waals surface area contributed by atoms with Crippen molar-refractivity contribution in [3.63, 3.8) is 0 Å². The third kappa shape index (κ3) is 2.74. The summed E-state index contributed by atoms with van der Waals surface area (Å²) in [5.74, 6) is -0.0342. The molecule has 0 bridgehead atoms. The van der Waals surface area contributed by atoms with Gasteiger partial charge in [0.05, 0.1) is 0 Å². The van der Waals surface area contributed by atoms with Gasteiger partial charge >= 0.3 is 0 Å². The number of rotatable bonds is 3. The highest BCUT2D eigenvalue weighted by Gasteiger charge is 2.09. The van der Waals surface area contributed by atoms with Crippen LogP contribution in [0.25, 0.3) is 0 Å². The molecule has 2 aromatic rings. The first-order valence-electron chi connectivity index (χ1n) is 5.92. The van der Waals surface area contributed by atoms with Crippen LogP contribution in [0.5, 0.6) is 0 Å². The van der Waals surface area contributed by atoms with Crippen LogP contribution in [-0.4, -0.2) is 10.9 Å². The van der Waals surface area contributed by atoms with Gasteiger partial charge in [-0.3, -0.25) is 9.78 Å². The molecule has 0 atom stereocenters. The van der Waals surface area contributed by atoms with Gasteiger partial charge in [0.2, 0.25) is 0 Å². The van der Waals surface area contributed by atoms with Crippen LogP contribution in [0.2, 0.25) is 0 Å². The third-order valence-electron chi connectivity index (χ3n) is 3.05. The van der Waals surface area contributed by atoms with Crippen LogP contribution >= 0.6 is 0 Å². The molecule has 3 heteroatoms. The molecule has 1 N–H and O–H groups in total. The highest BCUT2D eigenvalue weighted by molar-refractivity contribution is 5.95. The highest BCUT2D eigenvalue weighted by atomic mass is 16.1. The predicted molar refractivity (Wildman–Crippen MR) is 71.3 cm³/mol. The summed E-state index contributed by atoms with van der Waals surface area (Å²) in [7, 11) is 0. The standard InChI is InChI=1S/C15H16N2O/c1-11-4-3-5-14(12(11)2)15(18)17-10-13-6-8-16-9-7-13/h3-9H,10H2,1-2H3,(H,17,18). The van der Waals surface area contributed by atoms with E-state index >= 15 is 0 Å². The van der Waals surface area contributed by atoms with E-state index in [1.54, 1.807) is 12.4 Å². The van der Waals surface area contributed by atoms with Crippen LogP contribution in [0.4, 0.5) is 0 Å². The van der Waals surface area contributed by atoms with E-state index in [0.29, 0.717) is 6.54 Å². The number of nitrogens with one attached hydrogen (secondary N) is 1. The number of carbonyl (C=O) groups is 1. The van der Waals surface area contributed by atoms with Gasteiger partial charge in [-0.1, -0.05) is 12.1 Å². The number of pyridine rings is 1. The second-order valence-corrected chi connectivity index (χ2v) is 4.29. The molecule has 1 amide bonds. The van der Waals surface area contributed by atoms with Crippen LogP contribution in [-0.2, 0) is 6.54 Å². The van der Waals surface area contributed by atoms with Crippen molar-refractivity contribution in [2.75, 3.05) is 0 Å². The maximum Gasteiger partial charge on any atom is 0.251 e. The van der Waals surface area contributed by atoms with E-state index in [9.17, 15) is 4.79 Å². The normalized spacial score (nSPS) is 10.1. The van der Waals surface area contributed by atoms with E-state index in [-0.39, 0.29) is 5.91 Å². The van der Waals surface area contributed by atoms with Gasteiger partial charge in [-0.25, -0.2) is 0 Å². The van der Waals surface area contributed by atoms with Crippen molar-refractivity contribution in [1.82, 2.24) is 10.3 Å². The Balaban J connectivity index is 2.07. The van der Waals surface area contributed by atoms with E-state index in [1.165, 1.54) is 0 Å². The zero-order valence-corrected chi connectivity index (χ0v) is 10.6. The van der Waals surface area contributed by atoms with Gasteiger partial charge in [0.1, 0.15) is 0 Å². The molecule has 18 heavy (non-hydrogen) atoms. The smallest absolute Gasteiger partial charge is 0.251 e. The van der Waals surface area contributed by atoms with Crippen molar-refractivity contribution in [1.29, 1.82) is 0 Å². The van der Waals surface area contributed by atoms with Crippen LogP contribution < -0.4 is 5.32 Å². The molecular weight excluding hydrogens is 224 g/mol. The number of nitrogens with zero attached hydrogens (tertiary/aromatic N) is 1. The second kappa shape index (κ2) is 5.45. The van der Waals surface area contributed by atoms with Gasteiger partial charge in [-0.05, 0) is 48.7 Å². The first kappa shape index (κ1) is 12.3. The average molecular weight is 240 g/mol. The second-order valence-electron chi connectivity index (χ2n) is 4.29. The Morgan fingerprint density at radius 1 is 1.17 bits per heavy atom. The molecule has 0 saturated heterocycles. The molecule has 0 aliphatic rings. The fourth-order valence-corrected chi connectivity index (χ4v) is 1.78. The lowest BCUT2D eigenvalue weighted by molar-refractivity contribution is 0.0950. The molecular formula is C15H16N2O. The summed E-state index contributed by atoms with van der Waals surface area (Å²) in [6.07, 6.45) is 3.44. The minimum Gasteiger partial charge on any atom is -0.348 e. The number of carbonyl (C=O) groups excluding carboxylic acids is 1. The van der Waals surface area contributed by atoms with E-state index < -0.39 is 0 Å². The highest BCUT2D eigenvalue weighted by Crippen LogP contribution is 2.12. The quantitative estimate of drug-likeness (QED) is 0.896. The molecule has 0 aliphatic carbocycles. The number of aryl methyl sites for hydroxylation is 1. The summed E-state index contributed by atoms with van der Waals surface area (Å²) in [4.78, 5) is 16.0. The molecule has 2 rings (SSSR count). The molecule has 1 heterocycles. The maximum absolute atomic E-state index is 12.1. The van der Waals surface area contributed by atoms with Gasteiger partial charge in [0.25, 0.3) is 5.91 Å². The van der Waals surface area contributed by atoms with Crippen molar-refractivity contribution in [2.24, 2.45) is 0 Å². The molecule has 92 valence electrons. The van der Waals surface area contributed by atoms with Crippen LogP contribution in [0.15, 0.2) is 42.7 Å². The van der Waals surface area contributed by atoms with Gasteiger partial charge in [0.15, 0.2) is 0 Å². The summed E-state index contributed by atoms with van der Waals surface area (Å²) in [5.41, 5.74) is 3.95. The largest absolute Gasteiger partial charge is 0.348 e. The summed E-state index contributed by atoms with van der Waals surface area (Å²) in [5, 5.41) is 2.92. The van der Waals surface area contributed by atoms with Crippen LogP contribution in [0, 0.1) is 13.8 Å². The summed E-state index contributed by atoms with van der Waals surface area (Å²) < 4.78 is 0. The molecule has 0 fully saturated rings. The molecule has 1 aromatic carbocycles. The summed E-state index contributed by atoms with van der Waals surface area (Å²) in [6.45, 7) is 4.50. The zero-order valence-electron chi connectivity index (χ0n) is 10.6. The van der Waals surface area contributed by atoms with Gasteiger partial charge in [-0.15, -0.1) is 0 Å². The SMILES string of the molecule is Cc1cccc(C(=O)NCc2ccncc2)c1C. The Hall–Kier alpha value is -2.16. The summed E-state index contributed by atoms with van der Waals surface area (Å²) in [6, 6.07) is 9.55. The lowest BCUT2D eigenvalue weighted by Crippen LogP contribution is -2.23. The minimum absolute atomic E-state index is 0.0342. The molecule has 0 saturated carbocycles. The Labute approximate surface area is 107 Å². The lowest BCUT2D eigenvalue weighted by atomic mass is 10.0. The number of benzene rings is 1. The first-order valence-corrected chi connectivity index (χ1v) is 5.92. The van der Waals surface area contributed by atoms with Gasteiger partial charge in [0, 0.05) is 24.5 Å². The Bertz CT molecular complexity index is 550. The summed E-state index contributed by atoms with van der Waals surface area (Å²) >= 11 is 0. The maximum atomic E-state index is 12.1. The Morgan fingerprint density at radius 3 is 2.61 bits per heavy atom. The number of amides is 1. The number of hydrogen-bond donors (Lipinski definition) is 1. The Kier molecular flexibility index (Phi) is 3.72. The average Bonchev–Trinajstić information content (AvgIpc) is 2.40. The molecule has 0 spiro atoms. The Morgan fingerprint density at radius 2 is 1.89 bits per heavy atom. The number of hydrogen-bond acceptors (Lipinski definition) is 2. The lowest BCUT2D eigenvalue weighted by Gasteiger charge is -2.09. The molecule has 1 aromatic heterocycles. The minimum atomic E-state index is -0.0342. The topological polar surface area (TPSA) is 42.0 Å². The predicted octanol–water partition coefficient (Wildman–Crippen LogP) is 2.63. The van der Waals surface area contributed by atoms with E-state index in [1.807, 2.05) is 44.2 Å². The van der Waals surface area contributed by atoms with Crippen molar-refractivity contribution < 1.29 is 4.79 Å². The fraction of sp³-hybridized carbons (Fsp3) is 0.200. The van der Waals surface area contributed by atoms with E-state index in [2.05, 4.69) is 10.3 Å². The first-order chi connectivity index (χ1) is 8.68. The van der Waals surface area contributed by atoms with Gasteiger partial charge < -0.3 is 5.32 Å². The number of aromatic nitrogens is 1. The van der Waals surface area contributed by atoms with Gasteiger partial charge in [-0.2, -0.15) is 0 Å². The third-order valence-corrected chi connectivity index (χ3v) is 3.05. The monoisotopic (exact) mass is 240 g/mol. The van der Waals surface area contributed by atoms with Crippen molar-refractivity contribution in [2.45, 2.75) is 20.4 Å². The zero-order chi connectivity index (χ0) is 13.0. The van der Waals surface area contributed by atoms with Crippen LogP contribution in [0.1, 0.15) is 27.0 Å². The molecule has 0 aliphatic heterocycles. The molecule has 0 radical (unpaired) electrons. The van der Waals surface area contributed by atoms with Crippen molar-refractivity contribution >= 4 is 5.91 Å². The van der Waals surface area contributed by atoms with Crippen molar-refractivity contribution in [3.05, 3.63) is 65.0 Å². The van der Waals surface area contributed by atoms with Crippen molar-refractivity contribution in [3.8, 4) is 0 Å². The fourth-order valence-electron chi connectivity index (χ4n) is 1.78.